The number of benzene rings is 1. The van der Waals surface area contributed by atoms with Gasteiger partial charge in [0.25, 0.3) is 0 Å². The highest BCUT2D eigenvalue weighted by Crippen LogP contribution is 2.11. The van der Waals surface area contributed by atoms with E-state index < -0.39 is 0 Å². The van der Waals surface area contributed by atoms with Crippen LogP contribution in [0.3, 0.4) is 0 Å². The van der Waals surface area contributed by atoms with Crippen LogP contribution in [0.15, 0.2) is 24.3 Å². The van der Waals surface area contributed by atoms with Gasteiger partial charge < -0.3 is 5.32 Å². The summed E-state index contributed by atoms with van der Waals surface area (Å²) < 4.78 is 1.30. The maximum absolute atomic E-state index is 3.29. The average Bonchev–Trinajstić information content (AvgIpc) is 2.06. The van der Waals surface area contributed by atoms with E-state index in [1.165, 1.54) is 9.13 Å². The van der Waals surface area contributed by atoms with Crippen LogP contribution in [0.2, 0.25) is 0 Å². The van der Waals surface area contributed by atoms with E-state index in [-0.39, 0.29) is 0 Å². The molecule has 1 N–H and O–H groups in total. The molecule has 76 valence electrons. The van der Waals surface area contributed by atoms with Crippen LogP contribution in [0, 0.1) is 3.57 Å². The second-order valence-electron chi connectivity index (χ2n) is 3.85. The number of nitrogens with one attached hydrogen (secondary N) is 1. The zero-order chi connectivity index (χ0) is 9.97. The van der Waals surface area contributed by atoms with Crippen molar-refractivity contribution in [1.82, 2.24) is 10.2 Å². The Morgan fingerprint density at radius 1 is 1.36 bits per heavy atom. The fourth-order valence-electron chi connectivity index (χ4n) is 1.59. The average molecular weight is 302 g/mol. The van der Waals surface area contributed by atoms with Crippen molar-refractivity contribution in [2.24, 2.45) is 0 Å². The van der Waals surface area contributed by atoms with E-state index >= 15 is 0 Å². The first-order valence-corrected chi connectivity index (χ1v) is 5.99. The maximum atomic E-state index is 3.29. The molecule has 1 aromatic rings. The summed E-state index contributed by atoms with van der Waals surface area (Å²) in [5, 5.41) is 3.29. The highest BCUT2D eigenvalue weighted by molar-refractivity contribution is 14.1. The molecule has 0 saturated carbocycles. The second-order valence-corrected chi connectivity index (χ2v) is 5.10. The molecular weight excluding hydrogens is 287 g/mol. The summed E-state index contributed by atoms with van der Waals surface area (Å²) >= 11 is 2.34. The van der Waals surface area contributed by atoms with Crippen molar-refractivity contribution >= 4 is 22.6 Å². The Bertz CT molecular complexity index is 293. The number of nitrogens with zero attached hydrogens (tertiary/aromatic N) is 1. The molecule has 1 fully saturated rings. The molecule has 0 bridgehead atoms. The van der Waals surface area contributed by atoms with Gasteiger partial charge in [0, 0.05) is 29.2 Å². The monoisotopic (exact) mass is 302 g/mol. The molecule has 1 saturated heterocycles. The molecule has 2 nitrogen and oxygen atoms in total. The summed E-state index contributed by atoms with van der Waals surface area (Å²) in [6.07, 6.45) is 0. The van der Waals surface area contributed by atoms with Crippen molar-refractivity contribution in [3.63, 3.8) is 0 Å². The van der Waals surface area contributed by atoms with Crippen LogP contribution in [0.4, 0.5) is 0 Å². The normalized spacial score (nSPS) is 17.1. The van der Waals surface area contributed by atoms with E-state index in [9.17, 15) is 0 Å². The Labute approximate surface area is 98.8 Å². The molecule has 14 heavy (non-hydrogen) atoms. The van der Waals surface area contributed by atoms with Gasteiger partial charge in [0.05, 0.1) is 0 Å². The van der Waals surface area contributed by atoms with Crippen LogP contribution >= 0.6 is 22.6 Å². The Hall–Kier alpha value is -0.130. The van der Waals surface area contributed by atoms with Gasteiger partial charge in [-0.05, 0) is 47.3 Å². The SMILES string of the molecule is CN(Cc1ccc(I)cc1)C1CNC1. The van der Waals surface area contributed by atoms with Gasteiger partial charge >= 0.3 is 0 Å². The lowest BCUT2D eigenvalue weighted by Gasteiger charge is -2.35. The number of likely N-dealkylation sites (N-methyl/N-ethyl adjacent to an activating group) is 1. The van der Waals surface area contributed by atoms with Crippen LogP contribution in [0.5, 0.6) is 0 Å². The quantitative estimate of drug-likeness (QED) is 0.855. The van der Waals surface area contributed by atoms with Gasteiger partial charge in [-0.3, -0.25) is 4.90 Å². The van der Waals surface area contributed by atoms with Crippen LogP contribution < -0.4 is 5.32 Å². The largest absolute Gasteiger partial charge is 0.314 e. The molecule has 0 amide bonds. The van der Waals surface area contributed by atoms with Crippen molar-refractivity contribution in [1.29, 1.82) is 0 Å². The van der Waals surface area contributed by atoms with Gasteiger partial charge in [-0.15, -0.1) is 0 Å². The van der Waals surface area contributed by atoms with Gasteiger partial charge in [0.1, 0.15) is 0 Å². The highest BCUT2D eigenvalue weighted by Gasteiger charge is 2.20. The number of halogens is 1. The lowest BCUT2D eigenvalue weighted by molar-refractivity contribution is 0.173. The standard InChI is InChI=1S/C11H15IN2/c1-14(11-6-13-7-11)8-9-2-4-10(12)5-3-9/h2-5,11,13H,6-8H2,1H3. The van der Waals surface area contributed by atoms with Crippen molar-refractivity contribution in [2.45, 2.75) is 12.6 Å². The van der Waals surface area contributed by atoms with Crippen molar-refractivity contribution < 1.29 is 0 Å². The van der Waals surface area contributed by atoms with Crippen LogP contribution in [-0.4, -0.2) is 31.1 Å². The molecule has 1 aliphatic rings. The predicted octanol–water partition coefficient (Wildman–Crippen LogP) is 1.69. The van der Waals surface area contributed by atoms with Crippen molar-refractivity contribution in [3.05, 3.63) is 33.4 Å². The van der Waals surface area contributed by atoms with Crippen molar-refractivity contribution in [2.75, 3.05) is 20.1 Å². The third-order valence-corrected chi connectivity index (χ3v) is 3.45. The summed E-state index contributed by atoms with van der Waals surface area (Å²) in [6, 6.07) is 9.49. The lowest BCUT2D eigenvalue weighted by Crippen LogP contribution is -2.55. The predicted molar refractivity (Wildman–Crippen MR) is 67.3 cm³/mol. The minimum atomic E-state index is 0.731. The van der Waals surface area contributed by atoms with E-state index in [2.05, 4.69) is 64.1 Å². The molecule has 1 aromatic carbocycles. The van der Waals surface area contributed by atoms with Crippen LogP contribution in [0.1, 0.15) is 5.56 Å². The van der Waals surface area contributed by atoms with E-state index in [0.29, 0.717) is 0 Å². The van der Waals surface area contributed by atoms with Crippen molar-refractivity contribution in [3.8, 4) is 0 Å². The number of hydrogen-bond acceptors (Lipinski definition) is 2. The fraction of sp³-hybridized carbons (Fsp3) is 0.455. The van der Waals surface area contributed by atoms with E-state index in [0.717, 1.165) is 25.7 Å². The van der Waals surface area contributed by atoms with Gasteiger partial charge in [-0.25, -0.2) is 0 Å². The number of hydrogen-bond donors (Lipinski definition) is 1. The summed E-state index contributed by atoms with van der Waals surface area (Å²) in [4.78, 5) is 2.42. The molecule has 1 aliphatic heterocycles. The van der Waals surface area contributed by atoms with Gasteiger partial charge in [0.2, 0.25) is 0 Å². The maximum Gasteiger partial charge on any atom is 0.0345 e. The Morgan fingerprint density at radius 2 is 2.00 bits per heavy atom. The van der Waals surface area contributed by atoms with Gasteiger partial charge in [-0.2, -0.15) is 0 Å². The summed E-state index contributed by atoms with van der Waals surface area (Å²) in [6.45, 7) is 3.34. The first kappa shape index (κ1) is 10.4. The molecule has 0 spiro atoms. The minimum absolute atomic E-state index is 0.731. The molecule has 0 aliphatic carbocycles. The van der Waals surface area contributed by atoms with Gasteiger partial charge in [-0.1, -0.05) is 12.1 Å². The summed E-state index contributed by atoms with van der Waals surface area (Å²) in [5.74, 6) is 0. The second kappa shape index (κ2) is 4.59. The number of rotatable bonds is 3. The fourth-order valence-corrected chi connectivity index (χ4v) is 1.95. The minimum Gasteiger partial charge on any atom is -0.314 e. The van der Waals surface area contributed by atoms with E-state index in [1.54, 1.807) is 0 Å². The third kappa shape index (κ3) is 2.46. The topological polar surface area (TPSA) is 15.3 Å². The Morgan fingerprint density at radius 3 is 2.50 bits per heavy atom. The van der Waals surface area contributed by atoms with E-state index in [4.69, 9.17) is 0 Å². The Kier molecular flexibility index (Phi) is 3.41. The molecule has 0 aromatic heterocycles. The Balaban J connectivity index is 1.92. The highest BCUT2D eigenvalue weighted by atomic mass is 127. The lowest BCUT2D eigenvalue weighted by atomic mass is 10.1. The molecule has 0 radical (unpaired) electrons. The first-order valence-electron chi connectivity index (χ1n) is 4.91. The van der Waals surface area contributed by atoms with Crippen LogP contribution in [0.25, 0.3) is 0 Å². The molecule has 0 unspecified atom stereocenters. The summed E-state index contributed by atoms with van der Waals surface area (Å²) in [5.41, 5.74) is 1.40. The van der Waals surface area contributed by atoms with Gasteiger partial charge in [0.15, 0.2) is 0 Å². The first-order chi connectivity index (χ1) is 6.75. The zero-order valence-electron chi connectivity index (χ0n) is 8.33. The van der Waals surface area contributed by atoms with Crippen LogP contribution in [-0.2, 0) is 6.54 Å². The third-order valence-electron chi connectivity index (χ3n) is 2.73. The molecule has 1 heterocycles. The smallest absolute Gasteiger partial charge is 0.0345 e. The van der Waals surface area contributed by atoms with E-state index in [1.807, 2.05) is 0 Å². The molecule has 2 rings (SSSR count). The zero-order valence-corrected chi connectivity index (χ0v) is 10.5. The summed E-state index contributed by atoms with van der Waals surface area (Å²) in [7, 11) is 2.20. The molecular formula is C11H15IN2. The molecule has 3 heteroatoms. The molecule has 0 atom stereocenters.